The summed E-state index contributed by atoms with van der Waals surface area (Å²) >= 11 is 0. The molecule has 1 aromatic heterocycles. The van der Waals surface area contributed by atoms with E-state index in [4.69, 9.17) is 9.47 Å². The van der Waals surface area contributed by atoms with E-state index in [0.717, 1.165) is 53.9 Å². The summed E-state index contributed by atoms with van der Waals surface area (Å²) in [6.45, 7) is 3.69. The molecule has 1 aliphatic rings. The molecule has 2 N–H and O–H groups in total. The van der Waals surface area contributed by atoms with E-state index in [1.807, 2.05) is 66.9 Å². The normalized spacial score (nSPS) is 19.8. The van der Waals surface area contributed by atoms with Gasteiger partial charge in [-0.05, 0) is 35.9 Å². The lowest BCUT2D eigenvalue weighted by Gasteiger charge is -2.38. The standard InChI is InChI=1S/C29H35N3O4/c1-21(34)31-18-22-6-12-25(13-7-22)29-35-27(19-32(2)16-14-26-5-3-4-15-30-26)17-28(36-29)24-10-8-23(20-33)9-11-24/h3-13,15,27-29,33H,14,16-20H2,1-2H3,(H,31,34). The number of nitrogens with one attached hydrogen (secondary N) is 1. The Hall–Kier alpha value is -3.10. The molecule has 36 heavy (non-hydrogen) atoms. The van der Waals surface area contributed by atoms with Crippen LogP contribution in [-0.2, 0) is 33.8 Å². The van der Waals surface area contributed by atoms with E-state index in [1.165, 1.54) is 6.92 Å². The van der Waals surface area contributed by atoms with Gasteiger partial charge in [0, 0.05) is 56.9 Å². The van der Waals surface area contributed by atoms with E-state index in [2.05, 4.69) is 28.3 Å². The molecule has 3 atom stereocenters. The highest BCUT2D eigenvalue weighted by Crippen LogP contribution is 2.38. The molecule has 1 saturated heterocycles. The number of aromatic nitrogens is 1. The van der Waals surface area contributed by atoms with Crippen molar-refractivity contribution in [3.63, 3.8) is 0 Å². The van der Waals surface area contributed by atoms with Crippen LogP contribution in [0.15, 0.2) is 72.9 Å². The van der Waals surface area contributed by atoms with Crippen LogP contribution in [0, 0.1) is 0 Å². The van der Waals surface area contributed by atoms with Crippen molar-refractivity contribution in [2.75, 3.05) is 20.1 Å². The Balaban J connectivity index is 1.45. The Bertz CT molecular complexity index is 1090. The highest BCUT2D eigenvalue weighted by atomic mass is 16.7. The minimum atomic E-state index is -0.495. The lowest BCUT2D eigenvalue weighted by Crippen LogP contribution is -2.38. The molecule has 4 rings (SSSR count). The SMILES string of the molecule is CC(=O)NCc1ccc(C2OC(CN(C)CCc3ccccn3)CC(c3ccc(CO)cc3)O2)cc1. The van der Waals surface area contributed by atoms with Gasteiger partial charge in [-0.25, -0.2) is 0 Å². The van der Waals surface area contributed by atoms with Gasteiger partial charge in [0.05, 0.1) is 18.8 Å². The zero-order valence-electron chi connectivity index (χ0n) is 21.0. The lowest BCUT2D eigenvalue weighted by molar-refractivity contribution is -0.252. The molecule has 7 nitrogen and oxygen atoms in total. The van der Waals surface area contributed by atoms with Gasteiger partial charge in [-0.15, -0.1) is 0 Å². The van der Waals surface area contributed by atoms with Crippen molar-refractivity contribution in [1.82, 2.24) is 15.2 Å². The minimum Gasteiger partial charge on any atom is -0.392 e. The van der Waals surface area contributed by atoms with E-state index in [9.17, 15) is 9.90 Å². The van der Waals surface area contributed by atoms with Crippen molar-refractivity contribution in [2.24, 2.45) is 0 Å². The molecule has 0 spiro atoms. The third-order valence-electron chi connectivity index (χ3n) is 6.40. The molecule has 3 aromatic rings. The Morgan fingerprint density at radius 1 is 1.03 bits per heavy atom. The maximum atomic E-state index is 11.2. The first-order valence-electron chi connectivity index (χ1n) is 12.4. The van der Waals surface area contributed by atoms with Crippen LogP contribution < -0.4 is 5.32 Å². The van der Waals surface area contributed by atoms with Crippen molar-refractivity contribution < 1.29 is 19.4 Å². The second-order valence-corrected chi connectivity index (χ2v) is 9.33. The number of carbonyl (C=O) groups is 1. The Morgan fingerprint density at radius 2 is 1.75 bits per heavy atom. The van der Waals surface area contributed by atoms with Crippen LogP contribution in [-0.4, -0.2) is 47.1 Å². The van der Waals surface area contributed by atoms with Crippen LogP contribution in [0.25, 0.3) is 0 Å². The fourth-order valence-electron chi connectivity index (χ4n) is 4.34. The molecule has 2 heterocycles. The van der Waals surface area contributed by atoms with Crippen molar-refractivity contribution in [3.05, 3.63) is 101 Å². The summed E-state index contributed by atoms with van der Waals surface area (Å²) in [4.78, 5) is 17.9. The Labute approximate surface area is 213 Å². The van der Waals surface area contributed by atoms with Crippen molar-refractivity contribution in [3.8, 4) is 0 Å². The first-order chi connectivity index (χ1) is 17.5. The third-order valence-corrected chi connectivity index (χ3v) is 6.40. The van der Waals surface area contributed by atoms with E-state index in [0.29, 0.717) is 6.54 Å². The number of carbonyl (C=O) groups excluding carboxylic acids is 1. The van der Waals surface area contributed by atoms with E-state index < -0.39 is 6.29 Å². The average Bonchev–Trinajstić information content (AvgIpc) is 2.91. The maximum Gasteiger partial charge on any atom is 0.217 e. The maximum absolute atomic E-state index is 11.2. The lowest BCUT2D eigenvalue weighted by atomic mass is 9.99. The van der Waals surface area contributed by atoms with Gasteiger partial charge >= 0.3 is 0 Å². The minimum absolute atomic E-state index is 0.0148. The predicted molar refractivity (Wildman–Crippen MR) is 138 cm³/mol. The number of hydrogen-bond donors (Lipinski definition) is 2. The quantitative estimate of drug-likeness (QED) is 0.449. The molecule has 1 aliphatic heterocycles. The number of hydrogen-bond acceptors (Lipinski definition) is 6. The molecule has 0 bridgehead atoms. The summed E-state index contributed by atoms with van der Waals surface area (Å²) in [5.74, 6) is -0.0527. The summed E-state index contributed by atoms with van der Waals surface area (Å²) in [6, 6.07) is 21.9. The second kappa shape index (κ2) is 12.7. The summed E-state index contributed by atoms with van der Waals surface area (Å²) in [5, 5.41) is 12.2. The van der Waals surface area contributed by atoms with Crippen molar-refractivity contribution in [1.29, 1.82) is 0 Å². The molecular weight excluding hydrogens is 454 g/mol. The predicted octanol–water partition coefficient (Wildman–Crippen LogP) is 3.93. The third kappa shape index (κ3) is 7.45. The van der Waals surface area contributed by atoms with Crippen molar-refractivity contribution >= 4 is 5.91 Å². The monoisotopic (exact) mass is 489 g/mol. The summed E-state index contributed by atoms with van der Waals surface area (Å²) in [5.41, 5.74) is 4.99. The van der Waals surface area contributed by atoms with E-state index in [-0.39, 0.29) is 24.7 Å². The number of nitrogens with zero attached hydrogens (tertiary/aromatic N) is 2. The number of benzene rings is 2. The topological polar surface area (TPSA) is 83.9 Å². The molecule has 2 aromatic carbocycles. The van der Waals surface area contributed by atoms with Crippen LogP contribution in [0.2, 0.25) is 0 Å². The number of likely N-dealkylation sites (N-methyl/N-ethyl adjacent to an activating group) is 1. The van der Waals surface area contributed by atoms with Gasteiger partial charge < -0.3 is 24.8 Å². The van der Waals surface area contributed by atoms with Gasteiger partial charge in [-0.1, -0.05) is 54.6 Å². The fourth-order valence-corrected chi connectivity index (χ4v) is 4.34. The molecule has 3 unspecified atom stereocenters. The van der Waals surface area contributed by atoms with E-state index >= 15 is 0 Å². The molecule has 0 radical (unpaired) electrons. The molecule has 0 saturated carbocycles. The summed E-state index contributed by atoms with van der Waals surface area (Å²) < 4.78 is 12.9. The van der Waals surface area contributed by atoms with Crippen LogP contribution in [0.4, 0.5) is 0 Å². The molecule has 190 valence electrons. The second-order valence-electron chi connectivity index (χ2n) is 9.33. The summed E-state index contributed by atoms with van der Waals surface area (Å²) in [7, 11) is 2.11. The first-order valence-corrected chi connectivity index (χ1v) is 12.4. The number of pyridine rings is 1. The number of rotatable bonds is 10. The molecule has 1 fully saturated rings. The highest BCUT2D eigenvalue weighted by molar-refractivity contribution is 5.72. The first kappa shape index (κ1) is 26.0. The number of ether oxygens (including phenoxy) is 2. The molecular formula is C29H35N3O4. The van der Waals surface area contributed by atoms with Crippen LogP contribution in [0.3, 0.4) is 0 Å². The Morgan fingerprint density at radius 3 is 2.42 bits per heavy atom. The molecule has 7 heteroatoms. The number of aliphatic hydroxyl groups excluding tert-OH is 1. The number of amides is 1. The zero-order chi connectivity index (χ0) is 25.3. The highest BCUT2D eigenvalue weighted by Gasteiger charge is 2.32. The van der Waals surface area contributed by atoms with Gasteiger partial charge in [0.1, 0.15) is 0 Å². The van der Waals surface area contributed by atoms with Gasteiger partial charge in [-0.3, -0.25) is 9.78 Å². The number of aliphatic hydroxyl groups is 1. The Kier molecular flexibility index (Phi) is 9.19. The average molecular weight is 490 g/mol. The molecule has 0 aliphatic carbocycles. The zero-order valence-corrected chi connectivity index (χ0v) is 21.0. The van der Waals surface area contributed by atoms with Crippen LogP contribution in [0.5, 0.6) is 0 Å². The molecule has 1 amide bonds. The van der Waals surface area contributed by atoms with Gasteiger partial charge in [-0.2, -0.15) is 0 Å². The van der Waals surface area contributed by atoms with Crippen molar-refractivity contribution in [2.45, 2.75) is 51.4 Å². The smallest absolute Gasteiger partial charge is 0.217 e. The summed E-state index contributed by atoms with van der Waals surface area (Å²) in [6.07, 6.45) is 2.82. The largest absolute Gasteiger partial charge is 0.392 e. The van der Waals surface area contributed by atoms with Gasteiger partial charge in [0.2, 0.25) is 5.91 Å². The van der Waals surface area contributed by atoms with Crippen LogP contribution in [0.1, 0.15) is 53.7 Å². The fraction of sp³-hybridized carbons (Fsp3) is 0.379. The van der Waals surface area contributed by atoms with E-state index in [1.54, 1.807) is 0 Å². The van der Waals surface area contributed by atoms with Gasteiger partial charge in [0.15, 0.2) is 6.29 Å². The van der Waals surface area contributed by atoms with Gasteiger partial charge in [0.25, 0.3) is 0 Å². The van der Waals surface area contributed by atoms with Crippen LogP contribution >= 0.6 is 0 Å².